The number of hydrogen-bond donors (Lipinski definition) is 2. The average Bonchev–Trinajstić information content (AvgIpc) is 2.50. The summed E-state index contributed by atoms with van der Waals surface area (Å²) in [5, 5.41) is 6.26. The highest BCUT2D eigenvalue weighted by atomic mass is 127. The summed E-state index contributed by atoms with van der Waals surface area (Å²) in [7, 11) is 3.13. The Labute approximate surface area is 159 Å². The van der Waals surface area contributed by atoms with E-state index in [0.29, 0.717) is 29.7 Å². The molecule has 1 aromatic rings. The molecule has 0 aliphatic rings. The van der Waals surface area contributed by atoms with Gasteiger partial charge in [-0.05, 0) is 24.5 Å². The molecule has 0 atom stereocenters. The third-order valence-electron chi connectivity index (χ3n) is 3.17. The van der Waals surface area contributed by atoms with Gasteiger partial charge in [-0.25, -0.2) is 0 Å². The molecular weight excluding hydrogens is 431 g/mol. The monoisotopic (exact) mass is 457 g/mol. The van der Waals surface area contributed by atoms with E-state index >= 15 is 0 Å². The molecule has 0 saturated heterocycles. The second-order valence-corrected chi connectivity index (χ2v) is 5.39. The predicted octanol–water partition coefficient (Wildman–Crippen LogP) is 3.63. The highest BCUT2D eigenvalue weighted by molar-refractivity contribution is 14.0. The van der Waals surface area contributed by atoms with Crippen LogP contribution >= 0.6 is 24.0 Å². The third-order valence-corrected chi connectivity index (χ3v) is 3.17. The normalized spacial score (nSPS) is 11.2. The van der Waals surface area contributed by atoms with Crippen LogP contribution in [0.3, 0.4) is 0 Å². The molecule has 0 unspecified atom stereocenters. The number of aliphatic imine (C=N–C) groups is 1. The summed E-state index contributed by atoms with van der Waals surface area (Å²) in [6.45, 7) is 2.50. The van der Waals surface area contributed by atoms with Gasteiger partial charge in [0.1, 0.15) is 11.5 Å². The fourth-order valence-corrected chi connectivity index (χ4v) is 1.89. The number of ether oxygens (including phenoxy) is 2. The Morgan fingerprint density at radius 3 is 2.50 bits per heavy atom. The van der Waals surface area contributed by atoms with E-state index in [1.54, 1.807) is 19.2 Å². The number of methoxy groups -OCH3 is 1. The molecule has 0 radical (unpaired) electrons. The first-order chi connectivity index (χ1) is 11.0. The zero-order valence-electron chi connectivity index (χ0n) is 14.4. The van der Waals surface area contributed by atoms with Crippen LogP contribution in [-0.2, 0) is 6.54 Å². The van der Waals surface area contributed by atoms with E-state index in [1.165, 1.54) is 13.2 Å². The summed E-state index contributed by atoms with van der Waals surface area (Å²) in [6.07, 6.45) is 1.02. The lowest BCUT2D eigenvalue weighted by atomic mass is 10.1. The number of guanidine groups is 1. The van der Waals surface area contributed by atoms with Gasteiger partial charge in [0, 0.05) is 31.8 Å². The first kappa shape index (κ1) is 22.7. The number of nitrogens with one attached hydrogen (secondary N) is 2. The van der Waals surface area contributed by atoms with Crippen molar-refractivity contribution < 1.29 is 18.3 Å². The van der Waals surface area contributed by atoms with E-state index in [9.17, 15) is 8.78 Å². The molecule has 0 heterocycles. The van der Waals surface area contributed by atoms with Crippen LogP contribution in [0.25, 0.3) is 0 Å². The SMILES string of the molecule is CN=C(NCCC(C)C)NCc1ccc(OC)cc1OC(F)F.I. The Balaban J connectivity index is 0.00000529. The second-order valence-electron chi connectivity index (χ2n) is 5.39. The van der Waals surface area contributed by atoms with Crippen LogP contribution in [0.15, 0.2) is 23.2 Å². The van der Waals surface area contributed by atoms with Crippen molar-refractivity contribution in [1.82, 2.24) is 10.6 Å². The Morgan fingerprint density at radius 1 is 1.25 bits per heavy atom. The van der Waals surface area contributed by atoms with Gasteiger partial charge in [-0.3, -0.25) is 4.99 Å². The van der Waals surface area contributed by atoms with Crippen molar-refractivity contribution in [3.8, 4) is 11.5 Å². The fraction of sp³-hybridized carbons (Fsp3) is 0.562. The van der Waals surface area contributed by atoms with E-state index in [4.69, 9.17) is 4.74 Å². The van der Waals surface area contributed by atoms with Gasteiger partial charge in [0.2, 0.25) is 0 Å². The molecule has 0 aliphatic carbocycles. The first-order valence-electron chi connectivity index (χ1n) is 7.52. The topological polar surface area (TPSA) is 54.9 Å². The molecule has 138 valence electrons. The summed E-state index contributed by atoms with van der Waals surface area (Å²) in [5.74, 6) is 1.76. The molecule has 0 spiro atoms. The zero-order valence-corrected chi connectivity index (χ0v) is 16.8. The van der Waals surface area contributed by atoms with E-state index in [1.807, 2.05) is 0 Å². The van der Waals surface area contributed by atoms with Gasteiger partial charge < -0.3 is 20.1 Å². The predicted molar refractivity (Wildman–Crippen MR) is 103 cm³/mol. The van der Waals surface area contributed by atoms with Crippen LogP contribution in [0.4, 0.5) is 8.78 Å². The Kier molecular flexibility index (Phi) is 11.4. The number of halogens is 3. The second kappa shape index (κ2) is 12.1. The fourth-order valence-electron chi connectivity index (χ4n) is 1.89. The Morgan fingerprint density at radius 2 is 1.96 bits per heavy atom. The minimum Gasteiger partial charge on any atom is -0.497 e. The molecule has 0 saturated carbocycles. The number of nitrogens with zero attached hydrogens (tertiary/aromatic N) is 1. The molecule has 1 aromatic carbocycles. The highest BCUT2D eigenvalue weighted by Crippen LogP contribution is 2.26. The average molecular weight is 457 g/mol. The van der Waals surface area contributed by atoms with Gasteiger partial charge in [-0.1, -0.05) is 13.8 Å². The summed E-state index contributed by atoms with van der Waals surface area (Å²) in [5.41, 5.74) is 0.595. The number of rotatable bonds is 8. The molecular formula is C16H26F2IN3O2. The van der Waals surface area contributed by atoms with Crippen molar-refractivity contribution in [2.75, 3.05) is 20.7 Å². The van der Waals surface area contributed by atoms with Gasteiger partial charge in [0.25, 0.3) is 0 Å². The molecule has 1 rings (SSSR count). The molecule has 0 aliphatic heterocycles. The summed E-state index contributed by atoms with van der Waals surface area (Å²) in [6, 6.07) is 4.83. The molecule has 0 bridgehead atoms. The van der Waals surface area contributed by atoms with Crippen molar-refractivity contribution in [3.63, 3.8) is 0 Å². The van der Waals surface area contributed by atoms with Crippen molar-refractivity contribution in [2.45, 2.75) is 33.4 Å². The van der Waals surface area contributed by atoms with Gasteiger partial charge >= 0.3 is 6.61 Å². The quantitative estimate of drug-likeness (QED) is 0.356. The number of hydrogen-bond acceptors (Lipinski definition) is 3. The molecule has 8 heteroatoms. The van der Waals surface area contributed by atoms with Gasteiger partial charge in [-0.2, -0.15) is 8.78 Å². The van der Waals surface area contributed by atoms with E-state index < -0.39 is 6.61 Å². The van der Waals surface area contributed by atoms with Crippen molar-refractivity contribution in [3.05, 3.63) is 23.8 Å². The number of alkyl halides is 2. The molecule has 2 N–H and O–H groups in total. The lowest BCUT2D eigenvalue weighted by molar-refractivity contribution is -0.0505. The van der Waals surface area contributed by atoms with Crippen LogP contribution in [0.5, 0.6) is 11.5 Å². The van der Waals surface area contributed by atoms with Gasteiger partial charge in [0.05, 0.1) is 7.11 Å². The van der Waals surface area contributed by atoms with Crippen molar-refractivity contribution in [2.24, 2.45) is 10.9 Å². The smallest absolute Gasteiger partial charge is 0.387 e. The maximum Gasteiger partial charge on any atom is 0.387 e. The van der Waals surface area contributed by atoms with Gasteiger partial charge in [-0.15, -0.1) is 24.0 Å². The standard InChI is InChI=1S/C16H25F2N3O2.HI/c1-11(2)7-8-20-16(19-3)21-10-12-5-6-13(22-4)9-14(12)23-15(17)18;/h5-6,9,11,15H,7-8,10H2,1-4H3,(H2,19,20,21);1H. The Bertz CT molecular complexity index is 514. The van der Waals surface area contributed by atoms with Crippen LogP contribution in [-0.4, -0.2) is 33.3 Å². The minimum absolute atomic E-state index is 0. The van der Waals surface area contributed by atoms with Crippen LogP contribution in [0.1, 0.15) is 25.8 Å². The van der Waals surface area contributed by atoms with E-state index in [2.05, 4.69) is 34.2 Å². The van der Waals surface area contributed by atoms with Crippen LogP contribution in [0, 0.1) is 5.92 Å². The first-order valence-corrected chi connectivity index (χ1v) is 7.52. The van der Waals surface area contributed by atoms with Crippen LogP contribution in [0.2, 0.25) is 0 Å². The summed E-state index contributed by atoms with van der Waals surface area (Å²) >= 11 is 0. The lowest BCUT2D eigenvalue weighted by Crippen LogP contribution is -2.37. The van der Waals surface area contributed by atoms with Crippen LogP contribution < -0.4 is 20.1 Å². The van der Waals surface area contributed by atoms with Crippen molar-refractivity contribution >= 4 is 29.9 Å². The van der Waals surface area contributed by atoms with Gasteiger partial charge in [0.15, 0.2) is 5.96 Å². The third kappa shape index (κ3) is 8.51. The zero-order chi connectivity index (χ0) is 17.2. The highest BCUT2D eigenvalue weighted by Gasteiger charge is 2.11. The molecule has 24 heavy (non-hydrogen) atoms. The summed E-state index contributed by atoms with van der Waals surface area (Å²) < 4.78 is 34.6. The van der Waals surface area contributed by atoms with Crippen molar-refractivity contribution in [1.29, 1.82) is 0 Å². The molecule has 0 aromatic heterocycles. The molecule has 0 amide bonds. The largest absolute Gasteiger partial charge is 0.497 e. The lowest BCUT2D eigenvalue weighted by Gasteiger charge is -2.15. The maximum atomic E-state index is 12.5. The maximum absolute atomic E-state index is 12.5. The minimum atomic E-state index is -2.88. The Hall–Kier alpha value is -1.32. The van der Waals surface area contributed by atoms with E-state index in [0.717, 1.165) is 13.0 Å². The molecule has 5 nitrogen and oxygen atoms in total. The summed E-state index contributed by atoms with van der Waals surface area (Å²) in [4.78, 5) is 4.11. The molecule has 0 fully saturated rings. The van der Waals surface area contributed by atoms with E-state index in [-0.39, 0.29) is 29.7 Å². The number of benzene rings is 1.